The standard InChI is InChI=1S/C13H14N2O2S2/c16-12-11(7-9-3-1-5-14-9)19-13(18)15(12)8-10-4-2-6-17-10/h1,3,5,7,10,14H,2,4,6,8H2/b11-7-/t10-/m1/s1. The van der Waals surface area contributed by atoms with E-state index in [1.165, 1.54) is 11.8 Å². The number of amides is 1. The van der Waals surface area contributed by atoms with E-state index in [9.17, 15) is 4.79 Å². The third-order valence-corrected chi connectivity index (χ3v) is 4.57. The van der Waals surface area contributed by atoms with Crippen molar-refractivity contribution in [3.63, 3.8) is 0 Å². The molecule has 0 aromatic carbocycles. The van der Waals surface area contributed by atoms with Crippen LogP contribution in [0.3, 0.4) is 0 Å². The number of thioether (sulfide) groups is 1. The number of ether oxygens (including phenoxy) is 1. The van der Waals surface area contributed by atoms with E-state index in [4.69, 9.17) is 17.0 Å². The van der Waals surface area contributed by atoms with Crippen molar-refractivity contribution in [3.05, 3.63) is 28.9 Å². The number of carbonyl (C=O) groups is 1. The molecule has 0 spiro atoms. The molecule has 0 unspecified atom stereocenters. The molecular weight excluding hydrogens is 280 g/mol. The SMILES string of the molecule is O=C1/C(=C/c2ccc[nH]2)SC(=S)N1C[C@H]1CCCO1. The molecule has 0 saturated carbocycles. The van der Waals surface area contributed by atoms with Gasteiger partial charge in [-0.2, -0.15) is 0 Å². The maximum atomic E-state index is 12.3. The fourth-order valence-corrected chi connectivity index (χ4v) is 3.49. The van der Waals surface area contributed by atoms with E-state index < -0.39 is 0 Å². The molecule has 4 nitrogen and oxygen atoms in total. The molecule has 2 saturated heterocycles. The molecule has 19 heavy (non-hydrogen) atoms. The predicted molar refractivity (Wildman–Crippen MR) is 79.6 cm³/mol. The highest BCUT2D eigenvalue weighted by molar-refractivity contribution is 8.26. The zero-order chi connectivity index (χ0) is 13.2. The molecule has 1 aromatic rings. The van der Waals surface area contributed by atoms with Crippen molar-refractivity contribution < 1.29 is 9.53 Å². The van der Waals surface area contributed by atoms with Gasteiger partial charge in [0.15, 0.2) is 0 Å². The first-order chi connectivity index (χ1) is 9.24. The van der Waals surface area contributed by atoms with E-state index in [2.05, 4.69) is 4.98 Å². The minimum Gasteiger partial charge on any atom is -0.376 e. The van der Waals surface area contributed by atoms with Crippen molar-refractivity contribution >= 4 is 40.3 Å². The molecule has 1 N–H and O–H groups in total. The zero-order valence-electron chi connectivity index (χ0n) is 10.3. The Hall–Kier alpha value is -1.11. The lowest BCUT2D eigenvalue weighted by atomic mass is 10.2. The van der Waals surface area contributed by atoms with Gasteiger partial charge in [-0.15, -0.1) is 0 Å². The summed E-state index contributed by atoms with van der Waals surface area (Å²) >= 11 is 6.64. The normalized spacial score (nSPS) is 25.8. The number of hydrogen-bond acceptors (Lipinski definition) is 4. The fraction of sp³-hybridized carbons (Fsp3) is 0.385. The van der Waals surface area contributed by atoms with Crippen LogP contribution in [-0.4, -0.2) is 39.4 Å². The molecule has 2 aliphatic rings. The van der Waals surface area contributed by atoms with Crippen molar-refractivity contribution in [3.8, 4) is 0 Å². The monoisotopic (exact) mass is 294 g/mol. The second-order valence-electron chi connectivity index (χ2n) is 4.55. The minimum atomic E-state index is -0.0138. The second kappa shape index (κ2) is 5.48. The Morgan fingerprint density at radius 1 is 1.63 bits per heavy atom. The molecule has 1 atom stereocenters. The summed E-state index contributed by atoms with van der Waals surface area (Å²) in [7, 11) is 0. The van der Waals surface area contributed by atoms with Crippen LogP contribution in [0, 0.1) is 0 Å². The Morgan fingerprint density at radius 3 is 3.21 bits per heavy atom. The summed E-state index contributed by atoms with van der Waals surface area (Å²) in [5.74, 6) is -0.0138. The molecule has 0 radical (unpaired) electrons. The van der Waals surface area contributed by atoms with Gasteiger partial charge >= 0.3 is 0 Å². The van der Waals surface area contributed by atoms with Crippen LogP contribution in [0.5, 0.6) is 0 Å². The first-order valence-electron chi connectivity index (χ1n) is 6.24. The fourth-order valence-electron chi connectivity index (χ4n) is 2.22. The van der Waals surface area contributed by atoms with Gasteiger partial charge in [0.05, 0.1) is 17.6 Å². The quantitative estimate of drug-likeness (QED) is 0.687. The Kier molecular flexibility index (Phi) is 3.72. The Morgan fingerprint density at radius 2 is 2.53 bits per heavy atom. The number of aromatic amines is 1. The lowest BCUT2D eigenvalue weighted by Gasteiger charge is -2.18. The van der Waals surface area contributed by atoms with Crippen molar-refractivity contribution in [2.75, 3.05) is 13.2 Å². The van der Waals surface area contributed by atoms with Gasteiger partial charge in [-0.1, -0.05) is 24.0 Å². The molecule has 1 amide bonds. The minimum absolute atomic E-state index is 0.0138. The number of hydrogen-bond donors (Lipinski definition) is 1. The van der Waals surface area contributed by atoms with Crippen molar-refractivity contribution in [2.24, 2.45) is 0 Å². The van der Waals surface area contributed by atoms with Gasteiger partial charge in [-0.3, -0.25) is 9.69 Å². The molecule has 100 valence electrons. The summed E-state index contributed by atoms with van der Waals surface area (Å²) < 4.78 is 6.19. The number of H-pyrrole nitrogens is 1. The summed E-state index contributed by atoms with van der Waals surface area (Å²) in [6.07, 6.45) is 5.88. The first kappa shape index (κ1) is 12.9. The van der Waals surface area contributed by atoms with Crippen LogP contribution in [0.15, 0.2) is 23.2 Å². The number of aromatic nitrogens is 1. The molecule has 1 aromatic heterocycles. The van der Waals surface area contributed by atoms with Gasteiger partial charge in [-0.25, -0.2) is 0 Å². The van der Waals surface area contributed by atoms with Crippen molar-refractivity contribution in [1.82, 2.24) is 9.88 Å². The summed E-state index contributed by atoms with van der Waals surface area (Å²) in [6, 6.07) is 3.82. The second-order valence-corrected chi connectivity index (χ2v) is 6.23. The van der Waals surface area contributed by atoms with E-state index in [0.717, 1.165) is 25.1 Å². The Balaban J connectivity index is 1.73. The average Bonchev–Trinajstić information content (AvgIpc) is 3.10. The van der Waals surface area contributed by atoms with Gasteiger partial charge in [0.2, 0.25) is 0 Å². The topological polar surface area (TPSA) is 45.3 Å². The van der Waals surface area contributed by atoms with Crippen LogP contribution in [0.25, 0.3) is 6.08 Å². The van der Waals surface area contributed by atoms with Crippen LogP contribution in [0.4, 0.5) is 0 Å². The third-order valence-electron chi connectivity index (χ3n) is 3.19. The number of nitrogens with zero attached hydrogens (tertiary/aromatic N) is 1. The molecule has 2 aliphatic heterocycles. The predicted octanol–water partition coefficient (Wildman–Crippen LogP) is 2.39. The van der Waals surface area contributed by atoms with Gasteiger partial charge in [-0.05, 0) is 31.1 Å². The molecular formula is C13H14N2O2S2. The summed E-state index contributed by atoms with van der Waals surface area (Å²) in [5.41, 5.74) is 0.914. The van der Waals surface area contributed by atoms with Crippen LogP contribution in [0.2, 0.25) is 0 Å². The number of nitrogens with one attached hydrogen (secondary N) is 1. The van der Waals surface area contributed by atoms with Crippen LogP contribution in [-0.2, 0) is 9.53 Å². The molecule has 2 fully saturated rings. The highest BCUT2D eigenvalue weighted by atomic mass is 32.2. The van der Waals surface area contributed by atoms with E-state index in [0.29, 0.717) is 15.8 Å². The average molecular weight is 294 g/mol. The zero-order valence-corrected chi connectivity index (χ0v) is 11.9. The molecule has 0 bridgehead atoms. The highest BCUT2D eigenvalue weighted by Crippen LogP contribution is 2.33. The van der Waals surface area contributed by atoms with Crippen LogP contribution in [0.1, 0.15) is 18.5 Å². The molecule has 3 heterocycles. The Bertz CT molecular complexity index is 519. The van der Waals surface area contributed by atoms with E-state index in [1.807, 2.05) is 24.4 Å². The van der Waals surface area contributed by atoms with E-state index in [-0.39, 0.29) is 12.0 Å². The third kappa shape index (κ3) is 2.75. The first-order valence-corrected chi connectivity index (χ1v) is 7.47. The summed E-state index contributed by atoms with van der Waals surface area (Å²) in [6.45, 7) is 1.37. The molecule has 6 heteroatoms. The maximum absolute atomic E-state index is 12.3. The highest BCUT2D eigenvalue weighted by Gasteiger charge is 2.34. The van der Waals surface area contributed by atoms with Crippen molar-refractivity contribution in [2.45, 2.75) is 18.9 Å². The largest absolute Gasteiger partial charge is 0.376 e. The van der Waals surface area contributed by atoms with Crippen LogP contribution < -0.4 is 0 Å². The molecule has 3 rings (SSSR count). The van der Waals surface area contributed by atoms with Gasteiger partial charge < -0.3 is 9.72 Å². The van der Waals surface area contributed by atoms with Gasteiger partial charge in [0.25, 0.3) is 5.91 Å². The van der Waals surface area contributed by atoms with Crippen LogP contribution >= 0.6 is 24.0 Å². The Labute approximate surface area is 121 Å². The van der Waals surface area contributed by atoms with Gasteiger partial charge in [0.1, 0.15) is 4.32 Å². The number of carbonyl (C=O) groups excluding carboxylic acids is 1. The maximum Gasteiger partial charge on any atom is 0.266 e. The summed E-state index contributed by atoms with van der Waals surface area (Å²) in [4.78, 5) is 17.7. The van der Waals surface area contributed by atoms with Crippen molar-refractivity contribution in [1.29, 1.82) is 0 Å². The van der Waals surface area contributed by atoms with E-state index >= 15 is 0 Å². The van der Waals surface area contributed by atoms with E-state index in [1.54, 1.807) is 4.90 Å². The number of thiocarbonyl (C=S) groups is 1. The smallest absolute Gasteiger partial charge is 0.266 e. The summed E-state index contributed by atoms with van der Waals surface area (Å²) in [5, 5.41) is 0. The molecule has 0 aliphatic carbocycles. The number of rotatable bonds is 3. The van der Waals surface area contributed by atoms with Gasteiger partial charge in [0, 0.05) is 18.5 Å². The lowest BCUT2D eigenvalue weighted by molar-refractivity contribution is -0.123. The lowest BCUT2D eigenvalue weighted by Crippen LogP contribution is -2.35.